The van der Waals surface area contributed by atoms with E-state index in [0.717, 1.165) is 43.2 Å². The quantitative estimate of drug-likeness (QED) is 0.661. The fourth-order valence-corrected chi connectivity index (χ4v) is 5.86. The van der Waals surface area contributed by atoms with E-state index < -0.39 is 11.7 Å². The molecule has 2 aromatic rings. The largest absolute Gasteiger partial charge is 0.416 e. The van der Waals surface area contributed by atoms with Gasteiger partial charge < -0.3 is 0 Å². The zero-order valence-corrected chi connectivity index (χ0v) is 17.9. The first-order chi connectivity index (χ1) is 14.9. The van der Waals surface area contributed by atoms with Crippen molar-refractivity contribution >= 4 is 29.0 Å². The van der Waals surface area contributed by atoms with Gasteiger partial charge in [0, 0.05) is 48.4 Å². The second-order valence-electron chi connectivity index (χ2n) is 8.36. The summed E-state index contributed by atoms with van der Waals surface area (Å²) in [6.45, 7) is 4.72. The van der Waals surface area contributed by atoms with Crippen LogP contribution in [0.25, 0.3) is 0 Å². The van der Waals surface area contributed by atoms with Crippen molar-refractivity contribution in [3.05, 3.63) is 48.0 Å². The molecule has 3 aliphatic rings. The van der Waals surface area contributed by atoms with Crippen LogP contribution in [0.2, 0.25) is 0 Å². The van der Waals surface area contributed by atoms with Gasteiger partial charge in [-0.1, -0.05) is 23.9 Å². The number of alkyl halides is 3. The second kappa shape index (κ2) is 8.15. The maximum absolute atomic E-state index is 13.4. The Morgan fingerprint density at radius 2 is 1.84 bits per heavy atom. The van der Waals surface area contributed by atoms with E-state index in [1.54, 1.807) is 6.07 Å². The molecule has 1 amide bonds. The molecule has 0 bridgehead atoms. The summed E-state index contributed by atoms with van der Waals surface area (Å²) >= 11 is 1.40. The first-order valence-corrected chi connectivity index (χ1v) is 11.5. The number of hydrogen-bond donors (Lipinski definition) is 0. The van der Waals surface area contributed by atoms with Crippen LogP contribution in [0.15, 0.2) is 52.3 Å². The third kappa shape index (κ3) is 4.08. The van der Waals surface area contributed by atoms with E-state index in [1.807, 2.05) is 18.2 Å². The average Bonchev–Trinajstić information content (AvgIpc) is 3.22. The van der Waals surface area contributed by atoms with Crippen LogP contribution < -0.4 is 4.90 Å². The van der Waals surface area contributed by atoms with Gasteiger partial charge in [0.15, 0.2) is 0 Å². The van der Waals surface area contributed by atoms with Gasteiger partial charge in [0.05, 0.1) is 16.9 Å². The summed E-state index contributed by atoms with van der Waals surface area (Å²) < 4.78 is 40.1. The third-order valence-electron chi connectivity index (χ3n) is 6.42. The van der Waals surface area contributed by atoms with Crippen LogP contribution in [0.3, 0.4) is 0 Å². The van der Waals surface area contributed by atoms with Crippen molar-refractivity contribution in [2.75, 3.05) is 37.6 Å². The molecule has 8 heteroatoms. The zero-order chi connectivity index (χ0) is 21.6. The number of para-hydroxylation sites is 1. The topological polar surface area (TPSA) is 26.8 Å². The molecule has 3 aliphatic heterocycles. The Balaban J connectivity index is 1.39. The number of fused-ring (bicyclic) bond motifs is 3. The first-order valence-electron chi connectivity index (χ1n) is 10.7. The van der Waals surface area contributed by atoms with Gasteiger partial charge in [0.1, 0.15) is 0 Å². The number of rotatable bonds is 3. The van der Waals surface area contributed by atoms with E-state index in [4.69, 9.17) is 0 Å². The molecule has 0 saturated carbocycles. The van der Waals surface area contributed by atoms with Crippen molar-refractivity contribution in [2.45, 2.75) is 41.3 Å². The number of amides is 1. The monoisotopic (exact) mass is 447 g/mol. The summed E-state index contributed by atoms with van der Waals surface area (Å²) in [6, 6.07) is 11.6. The average molecular weight is 448 g/mol. The molecule has 0 radical (unpaired) electrons. The molecular weight excluding hydrogens is 423 g/mol. The highest BCUT2D eigenvalue weighted by Gasteiger charge is 2.35. The summed E-state index contributed by atoms with van der Waals surface area (Å²) in [5, 5.41) is 0. The Morgan fingerprint density at radius 1 is 1.03 bits per heavy atom. The van der Waals surface area contributed by atoms with Crippen LogP contribution in [0.1, 0.15) is 24.8 Å². The van der Waals surface area contributed by atoms with Crippen LogP contribution in [0, 0.1) is 0 Å². The van der Waals surface area contributed by atoms with Gasteiger partial charge in [-0.3, -0.25) is 19.5 Å². The number of benzene rings is 2. The number of carbonyl (C=O) groups is 1. The number of nitrogens with zero attached hydrogens (tertiary/aromatic N) is 3. The lowest BCUT2D eigenvalue weighted by Gasteiger charge is -2.38. The minimum Gasteiger partial charge on any atom is -0.300 e. The molecule has 0 unspecified atom stereocenters. The highest BCUT2D eigenvalue weighted by atomic mass is 32.2. The number of halogens is 3. The van der Waals surface area contributed by atoms with Gasteiger partial charge in [0.25, 0.3) is 0 Å². The Morgan fingerprint density at radius 3 is 2.68 bits per heavy atom. The minimum atomic E-state index is -4.45. The molecule has 2 fully saturated rings. The van der Waals surface area contributed by atoms with Gasteiger partial charge in [-0.15, -0.1) is 0 Å². The van der Waals surface area contributed by atoms with E-state index >= 15 is 0 Å². The zero-order valence-electron chi connectivity index (χ0n) is 17.1. The van der Waals surface area contributed by atoms with Gasteiger partial charge in [-0.25, -0.2) is 0 Å². The molecule has 164 valence electrons. The van der Waals surface area contributed by atoms with E-state index in [1.165, 1.54) is 35.6 Å². The molecule has 0 N–H and O–H groups in total. The van der Waals surface area contributed by atoms with Crippen LogP contribution >= 0.6 is 11.8 Å². The van der Waals surface area contributed by atoms with Crippen molar-refractivity contribution in [3.8, 4) is 0 Å². The third-order valence-corrected chi connectivity index (χ3v) is 7.55. The molecule has 0 aliphatic carbocycles. The lowest BCUT2D eigenvalue weighted by atomic mass is 10.1. The van der Waals surface area contributed by atoms with E-state index in [9.17, 15) is 18.0 Å². The molecule has 0 spiro atoms. The Hall–Kier alpha value is -2.03. The predicted octanol–water partition coefficient (Wildman–Crippen LogP) is 5.00. The fraction of sp³-hybridized carbons (Fsp3) is 0.435. The molecule has 0 aromatic heterocycles. The van der Waals surface area contributed by atoms with Gasteiger partial charge in [0.2, 0.25) is 5.91 Å². The molecule has 5 rings (SSSR count). The molecule has 2 aromatic carbocycles. The maximum Gasteiger partial charge on any atom is 0.416 e. The second-order valence-corrected chi connectivity index (χ2v) is 9.45. The maximum atomic E-state index is 13.4. The smallest absolute Gasteiger partial charge is 0.300 e. The van der Waals surface area contributed by atoms with Crippen LogP contribution in [0.5, 0.6) is 0 Å². The van der Waals surface area contributed by atoms with Gasteiger partial charge in [-0.05, 0) is 49.7 Å². The van der Waals surface area contributed by atoms with E-state index in [-0.39, 0.29) is 12.3 Å². The number of hydrogen-bond acceptors (Lipinski definition) is 4. The van der Waals surface area contributed by atoms with Crippen molar-refractivity contribution in [1.29, 1.82) is 0 Å². The van der Waals surface area contributed by atoms with E-state index in [0.29, 0.717) is 28.9 Å². The van der Waals surface area contributed by atoms with Gasteiger partial charge in [-0.2, -0.15) is 13.2 Å². The predicted molar refractivity (Wildman–Crippen MR) is 115 cm³/mol. The van der Waals surface area contributed by atoms with Crippen molar-refractivity contribution in [1.82, 2.24) is 9.80 Å². The normalized spacial score (nSPS) is 21.5. The molecule has 2 saturated heterocycles. The SMILES string of the molecule is O=C(CCN1CCN2CCC[C@@H]2C1)N1c2ccccc2Sc2ccc(C(F)(F)F)cc21. The van der Waals surface area contributed by atoms with Crippen molar-refractivity contribution < 1.29 is 18.0 Å². The molecule has 4 nitrogen and oxygen atoms in total. The number of anilines is 2. The van der Waals surface area contributed by atoms with Gasteiger partial charge >= 0.3 is 6.18 Å². The molecular formula is C23H24F3N3OS. The standard InChI is InChI=1S/C23H24F3N3OS/c24-23(25,26)16-7-8-21-19(14-16)29(18-5-1-2-6-20(18)31-21)22(30)9-11-27-12-13-28-10-3-4-17(28)15-27/h1-2,5-8,14,17H,3-4,9-13,15H2/t17-/m1/s1. The summed E-state index contributed by atoms with van der Waals surface area (Å²) in [5.41, 5.74) is 0.246. The Bertz CT molecular complexity index is 996. The van der Waals surface area contributed by atoms with Crippen molar-refractivity contribution in [3.63, 3.8) is 0 Å². The van der Waals surface area contributed by atoms with Crippen molar-refractivity contribution in [2.24, 2.45) is 0 Å². The number of piperazine rings is 1. The summed E-state index contributed by atoms with van der Waals surface area (Å²) in [7, 11) is 0. The van der Waals surface area contributed by atoms with Crippen LogP contribution in [-0.4, -0.2) is 54.5 Å². The van der Waals surface area contributed by atoms with E-state index in [2.05, 4.69) is 9.80 Å². The lowest BCUT2D eigenvalue weighted by Crippen LogP contribution is -2.50. The Labute approximate surface area is 184 Å². The highest BCUT2D eigenvalue weighted by molar-refractivity contribution is 7.99. The summed E-state index contributed by atoms with van der Waals surface area (Å²) in [6.07, 6.45) is -1.74. The summed E-state index contributed by atoms with van der Waals surface area (Å²) in [4.78, 5) is 21.2. The molecule has 1 atom stereocenters. The Kier molecular flexibility index (Phi) is 5.48. The van der Waals surface area contributed by atoms with Crippen LogP contribution in [0.4, 0.5) is 24.5 Å². The molecule has 3 heterocycles. The first kappa shape index (κ1) is 20.8. The lowest BCUT2D eigenvalue weighted by molar-refractivity contribution is -0.137. The minimum absolute atomic E-state index is 0.165. The highest BCUT2D eigenvalue weighted by Crippen LogP contribution is 2.49. The summed E-state index contributed by atoms with van der Waals surface area (Å²) in [5.74, 6) is -0.165. The fourth-order valence-electron chi connectivity index (χ4n) is 4.82. The van der Waals surface area contributed by atoms with Crippen LogP contribution in [-0.2, 0) is 11.0 Å². The number of carbonyl (C=O) groups excluding carboxylic acids is 1. The molecule has 31 heavy (non-hydrogen) atoms.